The fraction of sp³-hybridized carbons (Fsp3) is 0.647. The van der Waals surface area contributed by atoms with E-state index in [4.69, 9.17) is 0 Å². The lowest BCUT2D eigenvalue weighted by molar-refractivity contribution is -0.143. The molecule has 0 saturated carbocycles. The third kappa shape index (κ3) is 3.82. The van der Waals surface area contributed by atoms with E-state index in [0.29, 0.717) is 0 Å². The van der Waals surface area contributed by atoms with Gasteiger partial charge in [0.05, 0.1) is 11.7 Å². The van der Waals surface area contributed by atoms with Gasteiger partial charge < -0.3 is 5.11 Å². The molecule has 116 valence electrons. The van der Waals surface area contributed by atoms with Crippen LogP contribution in [0.5, 0.6) is 0 Å². The summed E-state index contributed by atoms with van der Waals surface area (Å²) in [6.45, 7) is 5.15. The summed E-state index contributed by atoms with van der Waals surface area (Å²) < 4.78 is 0. The number of aromatic nitrogens is 1. The average molecular weight is 290 g/mol. The predicted octanol–water partition coefficient (Wildman–Crippen LogP) is 3.42. The van der Waals surface area contributed by atoms with E-state index in [2.05, 4.69) is 35.9 Å². The fourth-order valence-corrected chi connectivity index (χ4v) is 3.15. The van der Waals surface area contributed by atoms with Gasteiger partial charge in [0.1, 0.15) is 6.04 Å². The molecule has 1 fully saturated rings. The van der Waals surface area contributed by atoms with Gasteiger partial charge in [0, 0.05) is 6.20 Å². The third-order valence-corrected chi connectivity index (χ3v) is 4.41. The first-order chi connectivity index (χ1) is 10.2. The van der Waals surface area contributed by atoms with Crippen molar-refractivity contribution in [3.8, 4) is 0 Å². The molecule has 1 aliphatic rings. The first-order valence-electron chi connectivity index (χ1n) is 8.10. The Morgan fingerprint density at radius 3 is 2.86 bits per heavy atom. The predicted molar refractivity (Wildman–Crippen MR) is 83.2 cm³/mol. The largest absolute Gasteiger partial charge is 0.480 e. The van der Waals surface area contributed by atoms with Gasteiger partial charge >= 0.3 is 5.97 Å². The second kappa shape index (κ2) is 7.55. The molecule has 4 nitrogen and oxygen atoms in total. The van der Waals surface area contributed by atoms with E-state index in [0.717, 1.165) is 50.8 Å². The maximum Gasteiger partial charge on any atom is 0.320 e. The molecule has 4 heteroatoms. The van der Waals surface area contributed by atoms with Crippen LogP contribution in [0.2, 0.25) is 0 Å². The summed E-state index contributed by atoms with van der Waals surface area (Å²) >= 11 is 0. The Morgan fingerprint density at radius 2 is 2.29 bits per heavy atom. The summed E-state index contributed by atoms with van der Waals surface area (Å²) in [6.07, 6.45) is 7.84. The lowest BCUT2D eigenvalue weighted by atomic mass is 10.0. The lowest BCUT2D eigenvalue weighted by Crippen LogP contribution is -2.39. The zero-order chi connectivity index (χ0) is 15.2. The van der Waals surface area contributed by atoms with Crippen molar-refractivity contribution in [3.05, 3.63) is 29.6 Å². The van der Waals surface area contributed by atoms with E-state index in [1.807, 2.05) is 6.20 Å². The number of aryl methyl sites for hydroxylation is 1. The molecule has 2 unspecified atom stereocenters. The summed E-state index contributed by atoms with van der Waals surface area (Å²) in [7, 11) is 0. The molecule has 1 aromatic heterocycles. The number of nitrogens with zero attached hydrogens (tertiary/aromatic N) is 2. The summed E-state index contributed by atoms with van der Waals surface area (Å²) in [5.74, 6) is -0.695. The quantitative estimate of drug-likeness (QED) is 0.836. The van der Waals surface area contributed by atoms with Gasteiger partial charge in [-0.15, -0.1) is 0 Å². The second-order valence-electron chi connectivity index (χ2n) is 5.84. The highest BCUT2D eigenvalue weighted by molar-refractivity contribution is 5.73. The van der Waals surface area contributed by atoms with E-state index < -0.39 is 5.97 Å². The van der Waals surface area contributed by atoms with Crippen LogP contribution in [0, 0.1) is 0 Å². The number of carbonyl (C=O) groups is 1. The van der Waals surface area contributed by atoms with Gasteiger partial charge in [-0.1, -0.05) is 32.8 Å². The smallest absolute Gasteiger partial charge is 0.320 e. The van der Waals surface area contributed by atoms with Gasteiger partial charge in [0.15, 0.2) is 0 Å². The summed E-state index contributed by atoms with van der Waals surface area (Å²) in [5, 5.41) is 9.42. The average Bonchev–Trinajstić information content (AvgIpc) is 2.98. The Kier molecular flexibility index (Phi) is 5.74. The van der Waals surface area contributed by atoms with Crippen molar-refractivity contribution in [1.29, 1.82) is 0 Å². The molecular weight excluding hydrogens is 264 g/mol. The Morgan fingerprint density at radius 1 is 1.48 bits per heavy atom. The van der Waals surface area contributed by atoms with Gasteiger partial charge in [-0.25, -0.2) is 0 Å². The monoisotopic (exact) mass is 290 g/mol. The molecule has 0 bridgehead atoms. The van der Waals surface area contributed by atoms with Crippen LogP contribution in [0.25, 0.3) is 0 Å². The summed E-state index contributed by atoms with van der Waals surface area (Å²) in [4.78, 5) is 18.2. The second-order valence-corrected chi connectivity index (χ2v) is 5.84. The molecule has 1 aliphatic heterocycles. The number of unbranched alkanes of at least 4 members (excludes halogenated alkanes) is 1. The Hall–Kier alpha value is -1.42. The third-order valence-electron chi connectivity index (χ3n) is 4.41. The Bertz CT molecular complexity index is 458. The van der Waals surface area contributed by atoms with Crippen LogP contribution < -0.4 is 0 Å². The topological polar surface area (TPSA) is 53.4 Å². The van der Waals surface area contributed by atoms with Crippen molar-refractivity contribution in [2.24, 2.45) is 0 Å². The number of rotatable bonds is 7. The first kappa shape index (κ1) is 16.0. The number of likely N-dealkylation sites (tertiary alicyclic amines) is 1. The van der Waals surface area contributed by atoms with Crippen LogP contribution in [-0.2, 0) is 11.2 Å². The standard InChI is InChI=1S/C17H26N2O2/c1-3-5-7-15(14-10-9-13(4-2)12-18-14)19-11-6-8-16(19)17(20)21/h9-10,12,15-16H,3-8,11H2,1-2H3,(H,20,21). The number of pyridine rings is 1. The van der Waals surface area contributed by atoms with Gasteiger partial charge in [-0.3, -0.25) is 14.7 Å². The minimum Gasteiger partial charge on any atom is -0.480 e. The van der Waals surface area contributed by atoms with Crippen molar-refractivity contribution in [2.45, 2.75) is 64.5 Å². The lowest BCUT2D eigenvalue weighted by Gasteiger charge is -2.31. The Labute approximate surface area is 127 Å². The molecule has 0 aromatic carbocycles. The van der Waals surface area contributed by atoms with Crippen LogP contribution in [0.15, 0.2) is 18.3 Å². The minimum atomic E-state index is -0.695. The van der Waals surface area contributed by atoms with E-state index in [1.165, 1.54) is 5.56 Å². The fourth-order valence-electron chi connectivity index (χ4n) is 3.15. The number of aliphatic carboxylic acids is 1. The highest BCUT2D eigenvalue weighted by Gasteiger charge is 2.36. The van der Waals surface area contributed by atoms with E-state index >= 15 is 0 Å². The molecule has 0 aliphatic carbocycles. The molecule has 21 heavy (non-hydrogen) atoms. The van der Waals surface area contributed by atoms with Gasteiger partial charge in [-0.2, -0.15) is 0 Å². The SMILES string of the molecule is CCCCC(c1ccc(CC)cn1)N1CCCC1C(=O)O. The van der Waals surface area contributed by atoms with Crippen molar-refractivity contribution in [2.75, 3.05) is 6.54 Å². The zero-order valence-corrected chi connectivity index (χ0v) is 13.1. The molecule has 0 amide bonds. The van der Waals surface area contributed by atoms with Crippen molar-refractivity contribution in [3.63, 3.8) is 0 Å². The van der Waals surface area contributed by atoms with Crippen LogP contribution in [0.4, 0.5) is 0 Å². The van der Waals surface area contributed by atoms with Crippen LogP contribution >= 0.6 is 0 Å². The molecule has 0 radical (unpaired) electrons. The molecule has 1 N–H and O–H groups in total. The van der Waals surface area contributed by atoms with Crippen molar-refractivity contribution >= 4 is 5.97 Å². The number of hydrogen-bond acceptors (Lipinski definition) is 3. The van der Waals surface area contributed by atoms with Crippen LogP contribution in [-0.4, -0.2) is 33.5 Å². The molecule has 2 atom stereocenters. The van der Waals surface area contributed by atoms with Gasteiger partial charge in [0.25, 0.3) is 0 Å². The van der Waals surface area contributed by atoms with Crippen molar-refractivity contribution in [1.82, 2.24) is 9.88 Å². The van der Waals surface area contributed by atoms with E-state index in [9.17, 15) is 9.90 Å². The molecular formula is C17H26N2O2. The molecule has 0 spiro atoms. The molecule has 2 rings (SSSR count). The summed E-state index contributed by atoms with van der Waals surface area (Å²) in [5.41, 5.74) is 2.25. The normalized spacial score (nSPS) is 20.6. The van der Waals surface area contributed by atoms with E-state index in [-0.39, 0.29) is 12.1 Å². The zero-order valence-electron chi connectivity index (χ0n) is 13.1. The summed E-state index contributed by atoms with van der Waals surface area (Å²) in [6, 6.07) is 3.99. The highest BCUT2D eigenvalue weighted by atomic mass is 16.4. The highest BCUT2D eigenvalue weighted by Crippen LogP contribution is 2.32. The van der Waals surface area contributed by atoms with E-state index in [1.54, 1.807) is 0 Å². The molecule has 1 saturated heterocycles. The maximum atomic E-state index is 11.5. The number of carboxylic acids is 1. The molecule has 2 heterocycles. The molecule has 1 aromatic rings. The van der Waals surface area contributed by atoms with Crippen LogP contribution in [0.1, 0.15) is 63.3 Å². The van der Waals surface area contributed by atoms with Crippen LogP contribution in [0.3, 0.4) is 0 Å². The van der Waals surface area contributed by atoms with Crippen molar-refractivity contribution < 1.29 is 9.90 Å². The first-order valence-corrected chi connectivity index (χ1v) is 8.10. The minimum absolute atomic E-state index is 0.138. The Balaban J connectivity index is 2.22. The number of hydrogen-bond donors (Lipinski definition) is 1. The number of carboxylic acid groups (broad SMARTS) is 1. The van der Waals surface area contributed by atoms with Gasteiger partial charge in [-0.05, 0) is 43.9 Å². The maximum absolute atomic E-state index is 11.5. The van der Waals surface area contributed by atoms with Gasteiger partial charge in [0.2, 0.25) is 0 Å².